The molecule has 1 aromatic carbocycles. The van der Waals surface area contributed by atoms with Gasteiger partial charge in [-0.2, -0.15) is 5.10 Å². The van der Waals surface area contributed by atoms with Crippen molar-refractivity contribution in [3.63, 3.8) is 0 Å². The minimum Gasteiger partial charge on any atom is -0.383 e. The van der Waals surface area contributed by atoms with Gasteiger partial charge in [-0.25, -0.2) is 0 Å². The lowest BCUT2D eigenvalue weighted by molar-refractivity contribution is 0.204. The molecule has 0 aliphatic carbocycles. The second-order valence-electron chi connectivity index (χ2n) is 4.05. The highest BCUT2D eigenvalue weighted by atomic mass is 32.1. The Kier molecular flexibility index (Phi) is 7.77. The van der Waals surface area contributed by atoms with E-state index >= 15 is 0 Å². The van der Waals surface area contributed by atoms with Gasteiger partial charge in [-0.05, 0) is 24.2 Å². The molecule has 1 aromatic rings. The summed E-state index contributed by atoms with van der Waals surface area (Å²) in [5.74, 6) is 0. The van der Waals surface area contributed by atoms with Gasteiger partial charge < -0.3 is 10.1 Å². The summed E-state index contributed by atoms with van der Waals surface area (Å²) >= 11 is 5.11. The van der Waals surface area contributed by atoms with Crippen LogP contribution < -0.4 is 10.7 Å². The van der Waals surface area contributed by atoms with Crippen molar-refractivity contribution < 1.29 is 4.74 Å². The van der Waals surface area contributed by atoms with Crippen LogP contribution in [0.15, 0.2) is 35.4 Å². The van der Waals surface area contributed by atoms with Crippen molar-refractivity contribution in [2.75, 3.05) is 20.3 Å². The summed E-state index contributed by atoms with van der Waals surface area (Å²) in [6.45, 7) is 3.39. The zero-order valence-corrected chi connectivity index (χ0v) is 12.3. The molecule has 0 spiro atoms. The van der Waals surface area contributed by atoms with Crippen molar-refractivity contribution in [1.29, 1.82) is 0 Å². The van der Waals surface area contributed by atoms with Gasteiger partial charge in [0.05, 0.1) is 6.61 Å². The molecule has 0 bridgehead atoms. The summed E-state index contributed by atoms with van der Waals surface area (Å²) in [5.41, 5.74) is 5.19. The highest BCUT2D eigenvalue weighted by molar-refractivity contribution is 7.80. The first-order chi connectivity index (χ1) is 9.26. The van der Waals surface area contributed by atoms with E-state index in [-0.39, 0.29) is 0 Å². The second-order valence-corrected chi connectivity index (χ2v) is 4.46. The predicted molar refractivity (Wildman–Crippen MR) is 83.5 cm³/mol. The third-order valence-corrected chi connectivity index (χ3v) is 2.80. The molecule has 0 heterocycles. The highest BCUT2D eigenvalue weighted by Crippen LogP contribution is 2.02. The molecule has 0 amide bonds. The third kappa shape index (κ3) is 6.88. The largest absolute Gasteiger partial charge is 0.383 e. The Morgan fingerprint density at radius 2 is 2.05 bits per heavy atom. The lowest BCUT2D eigenvalue weighted by Crippen LogP contribution is -2.34. The van der Waals surface area contributed by atoms with Gasteiger partial charge in [0.1, 0.15) is 0 Å². The fourth-order valence-corrected chi connectivity index (χ4v) is 1.66. The minimum atomic E-state index is 0.524. The summed E-state index contributed by atoms with van der Waals surface area (Å²) < 4.78 is 4.93. The van der Waals surface area contributed by atoms with Gasteiger partial charge in [-0.15, -0.1) is 0 Å². The predicted octanol–water partition coefficient (Wildman–Crippen LogP) is 2.11. The topological polar surface area (TPSA) is 45.7 Å². The molecule has 0 aliphatic heterocycles. The summed E-state index contributed by atoms with van der Waals surface area (Å²) in [6.07, 6.45) is 1.73. The van der Waals surface area contributed by atoms with E-state index in [9.17, 15) is 0 Å². The van der Waals surface area contributed by atoms with Crippen molar-refractivity contribution in [1.82, 2.24) is 10.7 Å². The van der Waals surface area contributed by atoms with Crippen molar-refractivity contribution in [2.24, 2.45) is 5.10 Å². The number of hydrazone groups is 1. The Morgan fingerprint density at radius 3 is 2.68 bits per heavy atom. The lowest BCUT2D eigenvalue weighted by atomic mass is 10.1. The van der Waals surface area contributed by atoms with Crippen LogP contribution in [0.5, 0.6) is 0 Å². The van der Waals surface area contributed by atoms with Gasteiger partial charge in [-0.1, -0.05) is 37.3 Å². The van der Waals surface area contributed by atoms with E-state index in [0.29, 0.717) is 18.3 Å². The molecular weight excluding hydrogens is 258 g/mol. The second kappa shape index (κ2) is 9.47. The molecule has 104 valence electrons. The molecule has 0 unspecified atom stereocenters. The summed E-state index contributed by atoms with van der Waals surface area (Å²) in [5, 5.41) is 7.88. The molecule has 0 aromatic heterocycles. The van der Waals surface area contributed by atoms with Gasteiger partial charge in [0.25, 0.3) is 0 Å². The average Bonchev–Trinajstić information content (AvgIpc) is 2.45. The number of thiocarbonyl (C=S) groups is 1. The van der Waals surface area contributed by atoms with E-state index in [4.69, 9.17) is 17.0 Å². The van der Waals surface area contributed by atoms with Crippen LogP contribution in [0.3, 0.4) is 0 Å². The van der Waals surface area contributed by atoms with Gasteiger partial charge in [0.15, 0.2) is 5.11 Å². The molecule has 0 atom stereocenters. The zero-order chi connectivity index (χ0) is 13.9. The van der Waals surface area contributed by atoms with E-state index in [1.165, 1.54) is 5.56 Å². The maximum absolute atomic E-state index is 5.11. The molecule has 1 rings (SSSR count). The van der Waals surface area contributed by atoms with Crippen LogP contribution in [0.25, 0.3) is 0 Å². The molecule has 4 nitrogen and oxygen atoms in total. The Hall–Kier alpha value is -1.46. The quantitative estimate of drug-likeness (QED) is 0.347. The molecule has 0 fully saturated rings. The Bertz CT molecular complexity index is 406. The average molecular weight is 279 g/mol. The van der Waals surface area contributed by atoms with Gasteiger partial charge in [0.2, 0.25) is 0 Å². The zero-order valence-electron chi connectivity index (χ0n) is 11.5. The number of methoxy groups -OCH3 is 1. The van der Waals surface area contributed by atoms with Gasteiger partial charge in [0, 0.05) is 25.8 Å². The smallest absolute Gasteiger partial charge is 0.187 e. The van der Waals surface area contributed by atoms with Crippen molar-refractivity contribution in [2.45, 2.75) is 19.8 Å². The molecular formula is C14H21N3OS. The maximum atomic E-state index is 5.11. The lowest BCUT2D eigenvalue weighted by Gasteiger charge is -2.08. The first kappa shape index (κ1) is 15.6. The molecule has 19 heavy (non-hydrogen) atoms. The number of hydrogen-bond acceptors (Lipinski definition) is 3. The molecule has 2 N–H and O–H groups in total. The van der Waals surface area contributed by atoms with E-state index in [2.05, 4.69) is 34.9 Å². The first-order valence-electron chi connectivity index (χ1n) is 6.38. The Labute approximate surface area is 120 Å². The van der Waals surface area contributed by atoms with Crippen LogP contribution in [0.1, 0.15) is 18.9 Å². The van der Waals surface area contributed by atoms with Crippen LogP contribution in [0.4, 0.5) is 0 Å². The molecule has 5 heteroatoms. The molecule has 0 radical (unpaired) electrons. The van der Waals surface area contributed by atoms with E-state index in [1.807, 2.05) is 18.2 Å². The number of hydrogen-bond donors (Lipinski definition) is 2. The highest BCUT2D eigenvalue weighted by Gasteiger charge is 2.00. The van der Waals surface area contributed by atoms with Crippen LogP contribution in [-0.4, -0.2) is 31.1 Å². The van der Waals surface area contributed by atoms with Crippen molar-refractivity contribution in [3.8, 4) is 0 Å². The Morgan fingerprint density at radius 1 is 1.32 bits per heavy atom. The van der Waals surface area contributed by atoms with Crippen LogP contribution in [0.2, 0.25) is 0 Å². The summed E-state index contributed by atoms with van der Waals surface area (Å²) in [7, 11) is 1.66. The first-order valence-corrected chi connectivity index (χ1v) is 6.79. The fourth-order valence-electron chi connectivity index (χ4n) is 1.51. The SMILES string of the molecule is CCC(Cc1ccccc1)=NNC(=S)NCCOC. The third-order valence-electron chi connectivity index (χ3n) is 2.57. The van der Waals surface area contributed by atoms with E-state index < -0.39 is 0 Å². The van der Waals surface area contributed by atoms with Gasteiger partial charge >= 0.3 is 0 Å². The van der Waals surface area contributed by atoms with Crippen LogP contribution >= 0.6 is 12.2 Å². The van der Waals surface area contributed by atoms with Crippen molar-refractivity contribution >= 4 is 23.0 Å². The monoisotopic (exact) mass is 279 g/mol. The number of nitrogens with one attached hydrogen (secondary N) is 2. The number of benzene rings is 1. The van der Waals surface area contributed by atoms with E-state index in [0.717, 1.165) is 18.6 Å². The van der Waals surface area contributed by atoms with Crippen LogP contribution in [0, 0.1) is 0 Å². The molecule has 0 saturated carbocycles. The number of ether oxygens (including phenoxy) is 1. The molecule has 0 aliphatic rings. The molecule has 0 saturated heterocycles. The standard InChI is InChI=1S/C14H21N3OS/c1-3-13(11-12-7-5-4-6-8-12)16-17-14(19)15-9-10-18-2/h4-8H,3,9-11H2,1-2H3,(H2,15,17,19). The number of nitrogens with zero attached hydrogens (tertiary/aromatic N) is 1. The van der Waals surface area contributed by atoms with Crippen LogP contribution in [-0.2, 0) is 11.2 Å². The minimum absolute atomic E-state index is 0.524. The summed E-state index contributed by atoms with van der Waals surface area (Å²) in [6, 6.07) is 10.3. The number of rotatable bonds is 7. The fraction of sp³-hybridized carbons (Fsp3) is 0.429. The van der Waals surface area contributed by atoms with Crippen molar-refractivity contribution in [3.05, 3.63) is 35.9 Å². The normalized spacial score (nSPS) is 11.2. The maximum Gasteiger partial charge on any atom is 0.187 e. The Balaban J connectivity index is 2.41. The van der Waals surface area contributed by atoms with E-state index in [1.54, 1.807) is 7.11 Å². The van der Waals surface area contributed by atoms with Gasteiger partial charge in [-0.3, -0.25) is 5.43 Å². The summed E-state index contributed by atoms with van der Waals surface area (Å²) in [4.78, 5) is 0.